The van der Waals surface area contributed by atoms with Crippen LogP contribution in [0.15, 0.2) is 47.5 Å². The topological polar surface area (TPSA) is 118 Å². The highest BCUT2D eigenvalue weighted by Crippen LogP contribution is 2.26. The van der Waals surface area contributed by atoms with Gasteiger partial charge < -0.3 is 15.4 Å². The summed E-state index contributed by atoms with van der Waals surface area (Å²) < 4.78 is 32.8. The number of pyridine rings is 1. The molecule has 3 N–H and O–H groups in total. The Balaban J connectivity index is 1.62. The lowest BCUT2D eigenvalue weighted by Crippen LogP contribution is -2.29. The lowest BCUT2D eigenvalue weighted by Gasteiger charge is -2.12. The second-order valence-electron chi connectivity index (χ2n) is 6.65. The summed E-state index contributed by atoms with van der Waals surface area (Å²) in [5, 5.41) is 6.54. The summed E-state index contributed by atoms with van der Waals surface area (Å²) >= 11 is 5.93. The summed E-state index contributed by atoms with van der Waals surface area (Å²) in [5.41, 5.74) is 1.07. The predicted molar refractivity (Wildman–Crippen MR) is 121 cm³/mol. The highest BCUT2D eigenvalue weighted by atomic mass is 35.5. The Labute approximate surface area is 186 Å². The Bertz CT molecular complexity index is 1170. The summed E-state index contributed by atoms with van der Waals surface area (Å²) in [7, 11) is -2.39. The van der Waals surface area contributed by atoms with Gasteiger partial charge in [-0.05, 0) is 49.7 Å². The molecule has 0 aliphatic heterocycles. The molecule has 0 aliphatic carbocycles. The maximum absolute atomic E-state index is 12.6. The smallest absolute Gasteiger partial charge is 0.244 e. The number of hydrogen-bond donors (Lipinski definition) is 3. The Hall–Kier alpha value is -2.95. The van der Waals surface area contributed by atoms with Crippen molar-refractivity contribution < 1.29 is 13.2 Å². The molecule has 0 aliphatic rings. The van der Waals surface area contributed by atoms with E-state index in [2.05, 4.69) is 30.3 Å². The Morgan fingerprint density at radius 1 is 1.00 bits per heavy atom. The molecular weight excluding hydrogens is 440 g/mol. The maximum atomic E-state index is 12.6. The molecule has 0 atom stereocenters. The average Bonchev–Trinajstić information content (AvgIpc) is 2.71. The number of methoxy groups -OCH3 is 1. The molecule has 0 unspecified atom stereocenters. The van der Waals surface area contributed by atoms with Gasteiger partial charge in [-0.15, -0.1) is 0 Å². The van der Waals surface area contributed by atoms with Gasteiger partial charge in [-0.1, -0.05) is 11.6 Å². The van der Waals surface area contributed by atoms with Gasteiger partial charge in [0.1, 0.15) is 33.9 Å². The van der Waals surface area contributed by atoms with E-state index in [1.165, 1.54) is 19.2 Å². The van der Waals surface area contributed by atoms with E-state index in [-0.39, 0.29) is 17.2 Å². The zero-order valence-electron chi connectivity index (χ0n) is 17.3. The average molecular weight is 463 g/mol. The number of halogens is 1. The zero-order chi connectivity index (χ0) is 22.4. The lowest BCUT2D eigenvalue weighted by molar-refractivity contribution is 0.402. The third kappa shape index (κ3) is 6.27. The lowest BCUT2D eigenvalue weighted by atomic mass is 10.3. The minimum atomic E-state index is -3.79. The van der Waals surface area contributed by atoms with Crippen LogP contribution < -0.4 is 20.1 Å². The van der Waals surface area contributed by atoms with Gasteiger partial charge in [-0.25, -0.2) is 28.1 Å². The number of anilines is 3. The van der Waals surface area contributed by atoms with Crippen LogP contribution in [0.3, 0.4) is 0 Å². The first kappa shape index (κ1) is 22.7. The summed E-state index contributed by atoms with van der Waals surface area (Å²) in [5.74, 6) is 2.59. The van der Waals surface area contributed by atoms with Crippen molar-refractivity contribution in [3.8, 4) is 5.75 Å². The van der Waals surface area contributed by atoms with Crippen LogP contribution in [0, 0.1) is 13.8 Å². The van der Waals surface area contributed by atoms with E-state index >= 15 is 0 Å². The molecule has 0 saturated carbocycles. The fourth-order valence-corrected chi connectivity index (χ4v) is 4.23. The number of ether oxygens (including phenoxy) is 1. The van der Waals surface area contributed by atoms with Crippen molar-refractivity contribution in [2.24, 2.45) is 0 Å². The number of hydrogen-bond acceptors (Lipinski definition) is 8. The SMILES string of the molecule is COc1ccc(Cl)cc1S(=O)(=O)NCCNc1cc(Nc2cc(C)ccn2)nc(C)n1. The third-order valence-corrected chi connectivity index (χ3v) is 5.87. The molecule has 0 bridgehead atoms. The van der Waals surface area contributed by atoms with Crippen LogP contribution in [0.2, 0.25) is 5.02 Å². The monoisotopic (exact) mass is 462 g/mol. The molecule has 0 amide bonds. The van der Waals surface area contributed by atoms with Crippen LogP contribution in [-0.2, 0) is 10.0 Å². The molecule has 2 heterocycles. The van der Waals surface area contributed by atoms with E-state index in [4.69, 9.17) is 16.3 Å². The molecule has 0 radical (unpaired) electrons. The molecule has 9 nitrogen and oxygen atoms in total. The van der Waals surface area contributed by atoms with Crippen molar-refractivity contribution in [2.45, 2.75) is 18.7 Å². The van der Waals surface area contributed by atoms with E-state index in [9.17, 15) is 8.42 Å². The molecule has 164 valence electrons. The van der Waals surface area contributed by atoms with Gasteiger partial charge in [0.25, 0.3) is 0 Å². The van der Waals surface area contributed by atoms with Crippen LogP contribution in [0.5, 0.6) is 5.75 Å². The second-order valence-corrected chi connectivity index (χ2v) is 8.82. The van der Waals surface area contributed by atoms with Gasteiger partial charge in [0.2, 0.25) is 10.0 Å². The third-order valence-electron chi connectivity index (χ3n) is 4.15. The molecule has 3 aromatic rings. The van der Waals surface area contributed by atoms with E-state index in [0.29, 0.717) is 34.8 Å². The number of benzene rings is 1. The normalized spacial score (nSPS) is 11.2. The van der Waals surface area contributed by atoms with E-state index in [1.54, 1.807) is 25.3 Å². The summed E-state index contributed by atoms with van der Waals surface area (Å²) in [6.45, 7) is 4.18. The van der Waals surface area contributed by atoms with Crippen LogP contribution in [0.1, 0.15) is 11.4 Å². The Morgan fingerprint density at radius 2 is 1.77 bits per heavy atom. The molecule has 0 fully saturated rings. The second kappa shape index (κ2) is 9.90. The summed E-state index contributed by atoms with van der Waals surface area (Å²) in [6, 6.07) is 9.96. The zero-order valence-corrected chi connectivity index (χ0v) is 18.9. The number of sulfonamides is 1. The Kier molecular flexibility index (Phi) is 7.26. The maximum Gasteiger partial charge on any atom is 0.244 e. The number of nitrogens with zero attached hydrogens (tertiary/aromatic N) is 3. The van der Waals surface area contributed by atoms with Crippen molar-refractivity contribution in [1.29, 1.82) is 0 Å². The van der Waals surface area contributed by atoms with Crippen LogP contribution >= 0.6 is 11.6 Å². The van der Waals surface area contributed by atoms with E-state index in [0.717, 1.165) is 5.56 Å². The van der Waals surface area contributed by atoms with Gasteiger partial charge in [0, 0.05) is 30.4 Å². The van der Waals surface area contributed by atoms with Gasteiger partial charge in [0.05, 0.1) is 7.11 Å². The van der Waals surface area contributed by atoms with Gasteiger partial charge in [-0.2, -0.15) is 0 Å². The number of rotatable bonds is 9. The molecule has 0 saturated heterocycles. The first-order chi connectivity index (χ1) is 14.8. The van der Waals surface area contributed by atoms with Crippen LogP contribution in [-0.4, -0.2) is 43.6 Å². The minimum absolute atomic E-state index is 0.0162. The summed E-state index contributed by atoms with van der Waals surface area (Å²) in [6.07, 6.45) is 1.71. The minimum Gasteiger partial charge on any atom is -0.495 e. The number of aromatic nitrogens is 3. The standard InChI is InChI=1S/C20H23ClN6O3S/c1-13-6-7-22-18(10-13)27-20-12-19(25-14(2)26-20)23-8-9-24-31(28,29)17-11-15(21)4-5-16(17)30-3/h4-7,10-12,24H,8-9H2,1-3H3,(H2,22,23,25,26,27). The molecule has 11 heteroatoms. The first-order valence-electron chi connectivity index (χ1n) is 9.39. The highest BCUT2D eigenvalue weighted by molar-refractivity contribution is 7.89. The predicted octanol–water partition coefficient (Wildman–Crippen LogP) is 3.28. The largest absolute Gasteiger partial charge is 0.495 e. The van der Waals surface area contributed by atoms with Gasteiger partial charge in [0.15, 0.2) is 0 Å². The quantitative estimate of drug-likeness (QED) is 0.414. The van der Waals surface area contributed by atoms with Gasteiger partial charge in [-0.3, -0.25) is 0 Å². The molecule has 2 aromatic heterocycles. The van der Waals surface area contributed by atoms with Crippen molar-refractivity contribution >= 4 is 39.1 Å². The molecule has 0 spiro atoms. The fraction of sp³-hybridized carbons (Fsp3) is 0.250. The molecule has 31 heavy (non-hydrogen) atoms. The van der Waals surface area contributed by atoms with Crippen LogP contribution in [0.4, 0.5) is 17.5 Å². The summed E-state index contributed by atoms with van der Waals surface area (Å²) in [4.78, 5) is 12.9. The first-order valence-corrected chi connectivity index (χ1v) is 11.3. The number of aryl methyl sites for hydroxylation is 2. The van der Waals surface area contributed by atoms with Crippen molar-refractivity contribution in [1.82, 2.24) is 19.7 Å². The molecule has 3 rings (SSSR count). The van der Waals surface area contributed by atoms with Crippen molar-refractivity contribution in [2.75, 3.05) is 30.8 Å². The van der Waals surface area contributed by atoms with E-state index < -0.39 is 10.0 Å². The van der Waals surface area contributed by atoms with Crippen molar-refractivity contribution in [3.63, 3.8) is 0 Å². The Morgan fingerprint density at radius 3 is 2.52 bits per heavy atom. The molecule has 1 aromatic carbocycles. The van der Waals surface area contributed by atoms with Crippen molar-refractivity contribution in [3.05, 3.63) is 59.0 Å². The highest BCUT2D eigenvalue weighted by Gasteiger charge is 2.19. The number of nitrogens with one attached hydrogen (secondary N) is 3. The fourth-order valence-electron chi connectivity index (χ4n) is 2.77. The van der Waals surface area contributed by atoms with Gasteiger partial charge >= 0.3 is 0 Å². The van der Waals surface area contributed by atoms with E-state index in [1.807, 2.05) is 19.1 Å². The van der Waals surface area contributed by atoms with Crippen LogP contribution in [0.25, 0.3) is 0 Å². The molecular formula is C20H23ClN6O3S.